The number of carbonyl (C=O) groups is 2. The van der Waals surface area contributed by atoms with E-state index in [0.717, 1.165) is 0 Å². The minimum Gasteiger partial charge on any atom is -0.291 e. The zero-order valence-electron chi connectivity index (χ0n) is 8.63. The van der Waals surface area contributed by atoms with Crippen LogP contribution in [0.1, 0.15) is 6.42 Å². The van der Waals surface area contributed by atoms with Crippen molar-refractivity contribution in [1.82, 2.24) is 4.90 Å². The van der Waals surface area contributed by atoms with Crippen LogP contribution in [0.15, 0.2) is 4.99 Å². The van der Waals surface area contributed by atoms with Gasteiger partial charge < -0.3 is 0 Å². The normalized spacial score (nSPS) is 25.6. The van der Waals surface area contributed by atoms with Crippen LogP contribution in [0.3, 0.4) is 0 Å². The molecule has 94 valence electrons. The van der Waals surface area contributed by atoms with E-state index >= 15 is 0 Å². The zero-order chi connectivity index (χ0) is 12.6. The van der Waals surface area contributed by atoms with Gasteiger partial charge in [0.2, 0.25) is 15.0 Å². The van der Waals surface area contributed by atoms with E-state index in [1.807, 2.05) is 0 Å². The SMILES string of the molecule is O=C1CSC(N2CC(CS(=O)(=O)Cl)CC2=O)=N1. The Kier molecular flexibility index (Phi) is 3.46. The number of hydrogen-bond acceptors (Lipinski definition) is 5. The maximum atomic E-state index is 11.6. The molecule has 1 fully saturated rings. The van der Waals surface area contributed by atoms with Gasteiger partial charge in [-0.2, -0.15) is 4.99 Å². The van der Waals surface area contributed by atoms with E-state index in [1.165, 1.54) is 16.7 Å². The number of amidine groups is 1. The van der Waals surface area contributed by atoms with Gasteiger partial charge in [0.05, 0.1) is 11.5 Å². The maximum Gasteiger partial charge on any atom is 0.258 e. The quantitative estimate of drug-likeness (QED) is 0.672. The van der Waals surface area contributed by atoms with Crippen LogP contribution >= 0.6 is 22.4 Å². The molecule has 1 unspecified atom stereocenters. The Balaban J connectivity index is 2.06. The van der Waals surface area contributed by atoms with Crippen LogP contribution in [0.4, 0.5) is 0 Å². The summed E-state index contributed by atoms with van der Waals surface area (Å²) in [5.41, 5.74) is 0. The number of thioether (sulfide) groups is 1. The standard InChI is InChI=1S/C8H9ClN2O4S2/c9-17(14,15)4-5-1-7(13)11(2-5)8-10-6(12)3-16-8/h5H,1-4H2. The smallest absolute Gasteiger partial charge is 0.258 e. The summed E-state index contributed by atoms with van der Waals surface area (Å²) < 4.78 is 21.8. The number of nitrogens with zero attached hydrogens (tertiary/aromatic N) is 2. The first-order chi connectivity index (χ1) is 7.85. The Labute approximate surface area is 107 Å². The molecule has 0 saturated carbocycles. The van der Waals surface area contributed by atoms with Crippen molar-refractivity contribution in [2.45, 2.75) is 6.42 Å². The van der Waals surface area contributed by atoms with E-state index in [0.29, 0.717) is 5.17 Å². The van der Waals surface area contributed by atoms with E-state index < -0.39 is 9.05 Å². The van der Waals surface area contributed by atoms with Crippen LogP contribution in [-0.4, -0.2) is 48.4 Å². The minimum atomic E-state index is -3.61. The van der Waals surface area contributed by atoms with Crippen molar-refractivity contribution in [2.24, 2.45) is 10.9 Å². The van der Waals surface area contributed by atoms with Crippen molar-refractivity contribution in [2.75, 3.05) is 18.1 Å². The average molecular weight is 297 g/mol. The van der Waals surface area contributed by atoms with Gasteiger partial charge in [-0.25, -0.2) is 8.42 Å². The van der Waals surface area contributed by atoms with Gasteiger partial charge in [-0.3, -0.25) is 14.5 Å². The Morgan fingerprint density at radius 1 is 1.47 bits per heavy atom. The summed E-state index contributed by atoms with van der Waals surface area (Å²) in [6.45, 7) is 0.254. The second-order valence-electron chi connectivity index (χ2n) is 3.86. The third-order valence-electron chi connectivity index (χ3n) is 2.42. The zero-order valence-corrected chi connectivity index (χ0v) is 11.0. The first kappa shape index (κ1) is 12.8. The van der Waals surface area contributed by atoms with Gasteiger partial charge in [0, 0.05) is 29.6 Å². The first-order valence-corrected chi connectivity index (χ1v) is 8.28. The number of aliphatic imine (C=N–C) groups is 1. The molecule has 0 N–H and O–H groups in total. The van der Waals surface area contributed by atoms with Crippen LogP contribution in [0, 0.1) is 5.92 Å². The lowest BCUT2D eigenvalue weighted by atomic mass is 10.1. The molecule has 2 aliphatic rings. The van der Waals surface area contributed by atoms with Gasteiger partial charge in [-0.05, 0) is 0 Å². The number of halogens is 1. The predicted molar refractivity (Wildman–Crippen MR) is 64.4 cm³/mol. The van der Waals surface area contributed by atoms with E-state index in [9.17, 15) is 18.0 Å². The molecule has 1 saturated heterocycles. The number of hydrogen-bond donors (Lipinski definition) is 0. The molecule has 0 aromatic heterocycles. The largest absolute Gasteiger partial charge is 0.291 e. The van der Waals surface area contributed by atoms with Crippen molar-refractivity contribution >= 4 is 48.5 Å². The lowest BCUT2D eigenvalue weighted by Crippen LogP contribution is -2.29. The summed E-state index contributed by atoms with van der Waals surface area (Å²) >= 11 is 1.19. The second kappa shape index (κ2) is 4.58. The fourth-order valence-electron chi connectivity index (χ4n) is 1.80. The Hall–Kier alpha value is -0.600. The number of rotatable bonds is 2. The third-order valence-corrected chi connectivity index (χ3v) is 4.62. The lowest BCUT2D eigenvalue weighted by molar-refractivity contribution is -0.124. The highest BCUT2D eigenvalue weighted by Crippen LogP contribution is 2.26. The summed E-state index contributed by atoms with van der Waals surface area (Å²) in [7, 11) is 1.54. The summed E-state index contributed by atoms with van der Waals surface area (Å²) in [6.07, 6.45) is 0.125. The molecular weight excluding hydrogens is 288 g/mol. The van der Waals surface area contributed by atoms with Gasteiger partial charge in [0.1, 0.15) is 0 Å². The summed E-state index contributed by atoms with van der Waals surface area (Å²) in [6, 6.07) is 0. The molecule has 0 bridgehead atoms. The molecule has 0 aromatic carbocycles. The van der Waals surface area contributed by atoms with Gasteiger partial charge in [-0.15, -0.1) is 0 Å². The van der Waals surface area contributed by atoms with Crippen molar-refractivity contribution < 1.29 is 18.0 Å². The Bertz CT molecular complexity index is 502. The second-order valence-corrected chi connectivity index (χ2v) is 7.62. The fraction of sp³-hybridized carbons (Fsp3) is 0.625. The van der Waals surface area contributed by atoms with Crippen molar-refractivity contribution in [1.29, 1.82) is 0 Å². The summed E-state index contributed by atoms with van der Waals surface area (Å²) in [5, 5.41) is 0.370. The van der Waals surface area contributed by atoms with Gasteiger partial charge in [-0.1, -0.05) is 11.8 Å². The molecule has 0 aliphatic carbocycles. The first-order valence-electron chi connectivity index (χ1n) is 4.82. The van der Waals surface area contributed by atoms with Crippen LogP contribution in [0.25, 0.3) is 0 Å². The number of carbonyl (C=O) groups excluding carboxylic acids is 2. The van der Waals surface area contributed by atoms with E-state index in [4.69, 9.17) is 10.7 Å². The van der Waals surface area contributed by atoms with Crippen molar-refractivity contribution in [3.05, 3.63) is 0 Å². The van der Waals surface area contributed by atoms with Crippen LogP contribution < -0.4 is 0 Å². The molecule has 0 aromatic rings. The van der Waals surface area contributed by atoms with Crippen molar-refractivity contribution in [3.8, 4) is 0 Å². The number of amides is 2. The Morgan fingerprint density at radius 3 is 2.71 bits per heavy atom. The highest BCUT2D eigenvalue weighted by atomic mass is 35.7. The fourth-order valence-corrected chi connectivity index (χ4v) is 3.93. The molecule has 1 atom stereocenters. The number of likely N-dealkylation sites (tertiary alicyclic amines) is 1. The van der Waals surface area contributed by atoms with E-state index in [-0.39, 0.29) is 42.2 Å². The highest BCUT2D eigenvalue weighted by Gasteiger charge is 2.36. The molecule has 9 heteroatoms. The molecule has 17 heavy (non-hydrogen) atoms. The monoisotopic (exact) mass is 296 g/mol. The van der Waals surface area contributed by atoms with Crippen LogP contribution in [0.2, 0.25) is 0 Å². The van der Waals surface area contributed by atoms with E-state index in [2.05, 4.69) is 4.99 Å². The molecule has 6 nitrogen and oxygen atoms in total. The summed E-state index contributed by atoms with van der Waals surface area (Å²) in [4.78, 5) is 27.7. The third kappa shape index (κ3) is 3.20. The molecule has 2 heterocycles. The van der Waals surface area contributed by atoms with Gasteiger partial charge in [0.25, 0.3) is 5.91 Å². The molecular formula is C8H9ClN2O4S2. The average Bonchev–Trinajstić information content (AvgIpc) is 2.70. The van der Waals surface area contributed by atoms with E-state index in [1.54, 1.807) is 0 Å². The molecule has 2 rings (SSSR count). The Morgan fingerprint density at radius 2 is 2.18 bits per heavy atom. The van der Waals surface area contributed by atoms with Crippen LogP contribution in [-0.2, 0) is 18.6 Å². The van der Waals surface area contributed by atoms with Gasteiger partial charge in [0.15, 0.2) is 5.17 Å². The highest BCUT2D eigenvalue weighted by molar-refractivity contribution is 8.15. The van der Waals surface area contributed by atoms with Crippen molar-refractivity contribution in [3.63, 3.8) is 0 Å². The molecule has 2 amide bonds. The van der Waals surface area contributed by atoms with Gasteiger partial charge >= 0.3 is 0 Å². The lowest BCUT2D eigenvalue weighted by Gasteiger charge is -2.14. The van der Waals surface area contributed by atoms with Crippen LogP contribution in [0.5, 0.6) is 0 Å². The minimum absolute atomic E-state index is 0.125. The predicted octanol–water partition coefficient (Wildman–Crippen LogP) is 0.0329. The molecule has 2 aliphatic heterocycles. The molecule has 0 spiro atoms. The molecule has 0 radical (unpaired) electrons. The topological polar surface area (TPSA) is 83.9 Å². The maximum absolute atomic E-state index is 11.6. The summed E-state index contributed by atoms with van der Waals surface area (Å²) in [5.74, 6) is -0.813.